The molecule has 0 spiro atoms. The average molecular weight is 423 g/mol. The zero-order valence-corrected chi connectivity index (χ0v) is 18.2. The van der Waals surface area contributed by atoms with Crippen LogP contribution in [0.15, 0.2) is 42.7 Å². The van der Waals surface area contributed by atoms with Gasteiger partial charge in [0, 0.05) is 35.4 Å². The molecule has 1 N–H and O–H groups in total. The van der Waals surface area contributed by atoms with E-state index in [1.54, 1.807) is 57.9 Å². The maximum atomic E-state index is 12.1. The van der Waals surface area contributed by atoms with Crippen molar-refractivity contribution in [2.75, 3.05) is 26.6 Å². The number of Topliss-reactive ketones (excluding diaryl/α,β-unsaturated/α-hetero) is 1. The second kappa shape index (κ2) is 9.80. The molecule has 3 rings (SSSR count). The summed E-state index contributed by atoms with van der Waals surface area (Å²) < 4.78 is 22.0. The molecule has 2 aromatic carbocycles. The van der Waals surface area contributed by atoms with E-state index < -0.39 is 0 Å². The molecule has 8 heteroatoms. The van der Waals surface area contributed by atoms with Crippen molar-refractivity contribution in [3.05, 3.63) is 53.9 Å². The highest BCUT2D eigenvalue weighted by Gasteiger charge is 2.15. The normalized spacial score (nSPS) is 10.4. The molecular weight excluding hydrogens is 398 g/mol. The minimum atomic E-state index is 0.0619. The number of aromatic nitrogens is 2. The zero-order valence-electron chi connectivity index (χ0n) is 18.2. The number of hydrogen-bond acceptors (Lipinski definition) is 8. The van der Waals surface area contributed by atoms with E-state index in [0.29, 0.717) is 52.4 Å². The molecule has 1 heterocycles. The van der Waals surface area contributed by atoms with Crippen LogP contribution in [0.2, 0.25) is 0 Å². The number of methoxy groups -OCH3 is 3. The number of ketones is 1. The Labute approximate surface area is 181 Å². The van der Waals surface area contributed by atoms with E-state index in [4.69, 9.17) is 18.9 Å². The molecule has 0 saturated carbocycles. The molecule has 8 nitrogen and oxygen atoms in total. The fraction of sp³-hybridized carbons (Fsp3) is 0.261. The Bertz CT molecular complexity index is 1060. The van der Waals surface area contributed by atoms with Crippen LogP contribution in [0.5, 0.6) is 28.9 Å². The second-order valence-corrected chi connectivity index (χ2v) is 6.59. The van der Waals surface area contributed by atoms with Crippen molar-refractivity contribution in [2.45, 2.75) is 20.3 Å². The molecular formula is C23H25N3O5. The molecule has 0 atom stereocenters. The monoisotopic (exact) mass is 423 g/mol. The molecule has 0 amide bonds. The molecule has 0 aliphatic rings. The number of benzene rings is 2. The number of carbonyl (C=O) groups excluding carboxylic acids is 1. The van der Waals surface area contributed by atoms with Crippen molar-refractivity contribution in [1.29, 1.82) is 0 Å². The van der Waals surface area contributed by atoms with E-state index in [1.807, 2.05) is 13.8 Å². The van der Waals surface area contributed by atoms with Crippen molar-refractivity contribution in [1.82, 2.24) is 9.97 Å². The van der Waals surface area contributed by atoms with Crippen LogP contribution in [-0.2, 0) is 0 Å². The molecule has 3 aromatic rings. The van der Waals surface area contributed by atoms with Gasteiger partial charge >= 0.3 is 0 Å². The highest BCUT2D eigenvalue weighted by molar-refractivity contribution is 5.97. The smallest absolute Gasteiger partial charge is 0.239 e. The van der Waals surface area contributed by atoms with Crippen molar-refractivity contribution < 1.29 is 23.7 Å². The highest BCUT2D eigenvalue weighted by atomic mass is 16.5. The Kier molecular flexibility index (Phi) is 6.92. The molecule has 0 aliphatic carbocycles. The Morgan fingerprint density at radius 1 is 1.00 bits per heavy atom. The molecule has 0 unspecified atom stereocenters. The van der Waals surface area contributed by atoms with Gasteiger partial charge in [-0.15, -0.1) is 0 Å². The molecule has 162 valence electrons. The fourth-order valence-corrected chi connectivity index (χ4v) is 3.09. The lowest BCUT2D eigenvalue weighted by Gasteiger charge is -2.15. The number of nitrogens with one attached hydrogen (secondary N) is 1. The first kappa shape index (κ1) is 21.9. The van der Waals surface area contributed by atoms with Gasteiger partial charge in [-0.3, -0.25) is 9.78 Å². The van der Waals surface area contributed by atoms with E-state index in [0.717, 1.165) is 5.56 Å². The summed E-state index contributed by atoms with van der Waals surface area (Å²) in [6.07, 6.45) is 3.51. The summed E-state index contributed by atoms with van der Waals surface area (Å²) in [5, 5.41) is 3.16. The van der Waals surface area contributed by atoms with Gasteiger partial charge in [0.05, 0.1) is 33.7 Å². The Morgan fingerprint density at radius 3 is 2.32 bits per heavy atom. The van der Waals surface area contributed by atoms with Crippen LogP contribution in [0.3, 0.4) is 0 Å². The van der Waals surface area contributed by atoms with Crippen molar-refractivity contribution in [2.24, 2.45) is 0 Å². The summed E-state index contributed by atoms with van der Waals surface area (Å²) in [6, 6.07) is 8.91. The van der Waals surface area contributed by atoms with Crippen molar-refractivity contribution in [3.8, 4) is 28.9 Å². The third-order valence-electron chi connectivity index (χ3n) is 4.67. The topological polar surface area (TPSA) is 91.8 Å². The zero-order chi connectivity index (χ0) is 22.4. The first-order valence-electron chi connectivity index (χ1n) is 9.70. The van der Waals surface area contributed by atoms with Crippen LogP contribution in [-0.4, -0.2) is 37.1 Å². The number of rotatable bonds is 9. The van der Waals surface area contributed by atoms with Crippen LogP contribution >= 0.6 is 0 Å². The standard InChI is InChI=1S/C23H25N3O5/c1-6-17(27)16-8-7-9-18(14(16)2)31-22-13-24-12-21(26-22)25-15-10-19(28-3)23(30-5)20(11-15)29-4/h7-13H,6H2,1-5H3,(H,25,26). The Balaban J connectivity index is 1.86. The van der Waals surface area contributed by atoms with E-state index >= 15 is 0 Å². The van der Waals surface area contributed by atoms with Crippen LogP contribution in [0.1, 0.15) is 29.3 Å². The molecule has 0 radical (unpaired) electrons. The number of carbonyl (C=O) groups is 1. The Hall–Kier alpha value is -3.81. The summed E-state index contributed by atoms with van der Waals surface area (Å²) in [6.45, 7) is 3.68. The van der Waals surface area contributed by atoms with E-state index in [2.05, 4.69) is 15.3 Å². The fourth-order valence-electron chi connectivity index (χ4n) is 3.09. The lowest BCUT2D eigenvalue weighted by molar-refractivity contribution is 0.0987. The van der Waals surface area contributed by atoms with Gasteiger partial charge in [-0.1, -0.05) is 19.1 Å². The van der Waals surface area contributed by atoms with Gasteiger partial charge in [0.15, 0.2) is 23.1 Å². The number of hydrogen-bond donors (Lipinski definition) is 1. The first-order chi connectivity index (χ1) is 15.0. The minimum absolute atomic E-state index is 0.0619. The summed E-state index contributed by atoms with van der Waals surface area (Å²) in [5.41, 5.74) is 2.08. The van der Waals surface area contributed by atoms with Gasteiger partial charge in [-0.05, 0) is 13.0 Å². The highest BCUT2D eigenvalue weighted by Crippen LogP contribution is 2.40. The van der Waals surface area contributed by atoms with Crippen LogP contribution < -0.4 is 24.3 Å². The SMILES string of the molecule is CCC(=O)c1cccc(Oc2cncc(Nc3cc(OC)c(OC)c(OC)c3)n2)c1C. The van der Waals surface area contributed by atoms with E-state index in [9.17, 15) is 4.79 Å². The van der Waals surface area contributed by atoms with E-state index in [1.165, 1.54) is 6.20 Å². The van der Waals surface area contributed by atoms with E-state index in [-0.39, 0.29) is 5.78 Å². The predicted molar refractivity (Wildman–Crippen MR) is 117 cm³/mol. The molecule has 0 aliphatic heterocycles. The van der Waals surface area contributed by atoms with Crippen molar-refractivity contribution >= 4 is 17.3 Å². The van der Waals surface area contributed by atoms with Crippen LogP contribution in [0, 0.1) is 6.92 Å². The van der Waals surface area contributed by atoms with Gasteiger partial charge < -0.3 is 24.3 Å². The predicted octanol–water partition coefficient (Wildman–Crippen LogP) is 4.94. The third-order valence-corrected chi connectivity index (χ3v) is 4.67. The Morgan fingerprint density at radius 2 is 1.71 bits per heavy atom. The summed E-state index contributed by atoms with van der Waals surface area (Å²) in [5.74, 6) is 2.89. The largest absolute Gasteiger partial charge is 0.493 e. The lowest BCUT2D eigenvalue weighted by atomic mass is 10.0. The number of anilines is 2. The van der Waals surface area contributed by atoms with Gasteiger partial charge in [0.25, 0.3) is 0 Å². The lowest BCUT2D eigenvalue weighted by Crippen LogP contribution is -2.02. The van der Waals surface area contributed by atoms with Crippen LogP contribution in [0.25, 0.3) is 0 Å². The third kappa shape index (κ3) is 4.85. The molecule has 0 bridgehead atoms. The second-order valence-electron chi connectivity index (χ2n) is 6.59. The van der Waals surface area contributed by atoms with Gasteiger partial charge in [0.2, 0.25) is 11.6 Å². The minimum Gasteiger partial charge on any atom is -0.493 e. The van der Waals surface area contributed by atoms with Crippen molar-refractivity contribution in [3.63, 3.8) is 0 Å². The number of ether oxygens (including phenoxy) is 4. The summed E-state index contributed by atoms with van der Waals surface area (Å²) in [4.78, 5) is 20.8. The summed E-state index contributed by atoms with van der Waals surface area (Å²) >= 11 is 0. The maximum absolute atomic E-state index is 12.1. The molecule has 0 fully saturated rings. The molecule has 31 heavy (non-hydrogen) atoms. The average Bonchev–Trinajstić information content (AvgIpc) is 2.79. The van der Waals surface area contributed by atoms with Gasteiger partial charge in [0.1, 0.15) is 5.75 Å². The van der Waals surface area contributed by atoms with Crippen LogP contribution in [0.4, 0.5) is 11.5 Å². The van der Waals surface area contributed by atoms with Gasteiger partial charge in [-0.2, -0.15) is 4.98 Å². The molecule has 0 saturated heterocycles. The molecule has 1 aromatic heterocycles. The summed E-state index contributed by atoms with van der Waals surface area (Å²) in [7, 11) is 4.65. The maximum Gasteiger partial charge on any atom is 0.239 e. The first-order valence-corrected chi connectivity index (χ1v) is 9.70. The number of nitrogens with zero attached hydrogens (tertiary/aromatic N) is 2. The quantitative estimate of drug-likeness (QED) is 0.484. The van der Waals surface area contributed by atoms with Gasteiger partial charge in [-0.25, -0.2) is 0 Å².